The minimum atomic E-state index is -0.569. The fourth-order valence-electron chi connectivity index (χ4n) is 3.19. The van der Waals surface area contributed by atoms with Gasteiger partial charge in [0, 0.05) is 16.5 Å². The molecular formula is C26H24F2OS. The summed E-state index contributed by atoms with van der Waals surface area (Å²) in [6.45, 7) is 4.12. The van der Waals surface area contributed by atoms with E-state index in [0.29, 0.717) is 17.5 Å². The first kappa shape index (κ1) is 22.0. The monoisotopic (exact) mass is 422 g/mol. The molecule has 154 valence electrons. The molecule has 0 saturated heterocycles. The van der Waals surface area contributed by atoms with Gasteiger partial charge in [-0.2, -0.15) is 0 Å². The number of aldehydes is 1. The van der Waals surface area contributed by atoms with Crippen molar-refractivity contribution in [3.63, 3.8) is 0 Å². The van der Waals surface area contributed by atoms with Gasteiger partial charge in [-0.25, -0.2) is 8.78 Å². The second-order valence-electron chi connectivity index (χ2n) is 7.31. The highest BCUT2D eigenvalue weighted by atomic mass is 32.2. The van der Waals surface area contributed by atoms with Crippen LogP contribution in [0.3, 0.4) is 0 Å². The molecule has 0 N–H and O–H groups in total. The van der Waals surface area contributed by atoms with Gasteiger partial charge in [0.2, 0.25) is 0 Å². The number of thioether (sulfide) groups is 1. The Bertz CT molecular complexity index is 1030. The first-order valence-corrected chi connectivity index (χ1v) is 10.9. The van der Waals surface area contributed by atoms with E-state index < -0.39 is 11.6 Å². The van der Waals surface area contributed by atoms with Crippen molar-refractivity contribution < 1.29 is 13.6 Å². The Balaban J connectivity index is 1.75. The van der Waals surface area contributed by atoms with Crippen LogP contribution < -0.4 is 0 Å². The molecule has 0 spiro atoms. The van der Waals surface area contributed by atoms with E-state index in [2.05, 4.69) is 26.0 Å². The first-order valence-electron chi connectivity index (χ1n) is 9.87. The van der Waals surface area contributed by atoms with Gasteiger partial charge in [-0.3, -0.25) is 4.79 Å². The minimum absolute atomic E-state index is 0.569. The smallest absolute Gasteiger partial charge is 0.150 e. The van der Waals surface area contributed by atoms with Crippen LogP contribution >= 0.6 is 11.8 Å². The van der Waals surface area contributed by atoms with Gasteiger partial charge in [-0.05, 0) is 84.5 Å². The molecule has 0 atom stereocenters. The zero-order valence-electron chi connectivity index (χ0n) is 17.1. The predicted octanol–water partition coefficient (Wildman–Crippen LogP) is 7.51. The third kappa shape index (κ3) is 6.14. The van der Waals surface area contributed by atoms with Gasteiger partial charge >= 0.3 is 0 Å². The number of carbonyl (C=O) groups excluding carboxylic acids is 1. The maximum Gasteiger partial charge on any atom is 0.150 e. The fraction of sp³-hybridized carbons (Fsp3) is 0.192. The van der Waals surface area contributed by atoms with Crippen molar-refractivity contribution in [2.75, 3.05) is 5.75 Å². The van der Waals surface area contributed by atoms with Crippen LogP contribution in [0.4, 0.5) is 8.78 Å². The Hall–Kier alpha value is -2.72. The van der Waals surface area contributed by atoms with E-state index in [1.807, 2.05) is 24.3 Å². The molecule has 0 unspecified atom stereocenters. The number of allylic oxidation sites excluding steroid dienone is 1. The van der Waals surface area contributed by atoms with Crippen LogP contribution in [0.5, 0.6) is 0 Å². The number of aryl methyl sites for hydroxylation is 2. The van der Waals surface area contributed by atoms with Gasteiger partial charge in [-0.15, -0.1) is 11.8 Å². The third-order valence-corrected chi connectivity index (χ3v) is 6.08. The minimum Gasteiger partial charge on any atom is -0.298 e. The number of rotatable bonds is 8. The summed E-state index contributed by atoms with van der Waals surface area (Å²) in [6.07, 6.45) is 4.41. The average Bonchev–Trinajstić information content (AvgIpc) is 2.72. The van der Waals surface area contributed by atoms with E-state index in [1.165, 1.54) is 23.3 Å². The van der Waals surface area contributed by atoms with Crippen LogP contribution in [-0.4, -0.2) is 12.0 Å². The molecule has 0 amide bonds. The Kier molecular flexibility index (Phi) is 7.58. The van der Waals surface area contributed by atoms with E-state index in [0.717, 1.165) is 40.6 Å². The van der Waals surface area contributed by atoms with Crippen LogP contribution in [0.15, 0.2) is 65.6 Å². The van der Waals surface area contributed by atoms with Gasteiger partial charge in [0.25, 0.3) is 0 Å². The van der Waals surface area contributed by atoms with Crippen molar-refractivity contribution in [1.29, 1.82) is 0 Å². The van der Waals surface area contributed by atoms with E-state index in [4.69, 9.17) is 0 Å². The van der Waals surface area contributed by atoms with E-state index in [1.54, 1.807) is 23.9 Å². The van der Waals surface area contributed by atoms with Crippen molar-refractivity contribution >= 4 is 29.7 Å². The van der Waals surface area contributed by atoms with Gasteiger partial charge in [-0.1, -0.05) is 36.4 Å². The molecule has 3 rings (SSSR count). The molecular weight excluding hydrogens is 398 g/mol. The quantitative estimate of drug-likeness (QED) is 0.162. The Morgan fingerprint density at radius 2 is 1.53 bits per heavy atom. The van der Waals surface area contributed by atoms with Crippen molar-refractivity contribution in [1.82, 2.24) is 0 Å². The zero-order chi connectivity index (χ0) is 21.5. The Labute approximate surface area is 180 Å². The molecule has 0 heterocycles. The van der Waals surface area contributed by atoms with Crippen LogP contribution in [0, 0.1) is 25.5 Å². The lowest BCUT2D eigenvalue weighted by Crippen LogP contribution is -1.92. The van der Waals surface area contributed by atoms with Crippen molar-refractivity contribution in [2.24, 2.45) is 0 Å². The first-order chi connectivity index (χ1) is 14.4. The second-order valence-corrected chi connectivity index (χ2v) is 8.48. The number of hydrogen-bond donors (Lipinski definition) is 0. The molecule has 30 heavy (non-hydrogen) atoms. The maximum atomic E-state index is 13.8. The van der Waals surface area contributed by atoms with Crippen LogP contribution in [0.1, 0.15) is 45.5 Å². The lowest BCUT2D eigenvalue weighted by atomic mass is 9.97. The molecule has 0 bridgehead atoms. The molecule has 0 aliphatic rings. The summed E-state index contributed by atoms with van der Waals surface area (Å²) in [5.41, 5.74) is 5.56. The van der Waals surface area contributed by atoms with Gasteiger partial charge in [0.05, 0.1) is 0 Å². The number of halogens is 2. The van der Waals surface area contributed by atoms with Crippen molar-refractivity contribution in [3.8, 4) is 0 Å². The summed E-state index contributed by atoms with van der Waals surface area (Å²) in [5, 5.41) is 0. The van der Waals surface area contributed by atoms with E-state index in [9.17, 15) is 13.6 Å². The lowest BCUT2D eigenvalue weighted by molar-refractivity contribution is 0.112. The molecule has 0 aromatic heterocycles. The van der Waals surface area contributed by atoms with Crippen molar-refractivity contribution in [3.05, 3.63) is 100 Å². The molecule has 0 radical (unpaired) electrons. The summed E-state index contributed by atoms with van der Waals surface area (Å²) in [5.74, 6) is -0.274. The van der Waals surface area contributed by atoms with Gasteiger partial charge in [0.1, 0.15) is 17.9 Å². The summed E-state index contributed by atoms with van der Waals surface area (Å²) in [7, 11) is 0. The summed E-state index contributed by atoms with van der Waals surface area (Å²) >= 11 is 1.70. The molecule has 0 aliphatic carbocycles. The van der Waals surface area contributed by atoms with Gasteiger partial charge < -0.3 is 0 Å². The summed E-state index contributed by atoms with van der Waals surface area (Å²) in [4.78, 5) is 11.9. The van der Waals surface area contributed by atoms with Crippen LogP contribution in [0.25, 0.3) is 11.6 Å². The Morgan fingerprint density at radius 1 is 0.867 bits per heavy atom. The molecule has 0 fully saturated rings. The average molecular weight is 423 g/mol. The number of hydrogen-bond acceptors (Lipinski definition) is 2. The maximum absolute atomic E-state index is 13.8. The van der Waals surface area contributed by atoms with Crippen LogP contribution in [-0.2, 0) is 0 Å². The largest absolute Gasteiger partial charge is 0.298 e. The van der Waals surface area contributed by atoms with Gasteiger partial charge in [0.15, 0.2) is 0 Å². The predicted molar refractivity (Wildman–Crippen MR) is 122 cm³/mol. The van der Waals surface area contributed by atoms with E-state index in [-0.39, 0.29) is 0 Å². The van der Waals surface area contributed by atoms with Crippen LogP contribution in [0.2, 0.25) is 0 Å². The number of carbonyl (C=O) groups is 1. The summed E-state index contributed by atoms with van der Waals surface area (Å²) in [6, 6.07) is 17.3. The Morgan fingerprint density at radius 3 is 2.17 bits per heavy atom. The zero-order valence-corrected chi connectivity index (χ0v) is 17.9. The fourth-order valence-corrected chi connectivity index (χ4v) is 4.04. The molecule has 3 aromatic carbocycles. The molecule has 0 saturated carbocycles. The molecule has 1 nitrogen and oxygen atoms in total. The highest BCUT2D eigenvalue weighted by Gasteiger charge is 2.08. The number of benzene rings is 3. The molecule has 4 heteroatoms. The lowest BCUT2D eigenvalue weighted by Gasteiger charge is -2.10. The standard InChI is InChI=1S/C26H24F2OS/c1-18-5-6-21(12-19(18)2)13-22(23-14-24(27)16-25(28)15-23)4-3-11-30-26-9-7-20(17-29)8-10-26/h5-10,12-17H,3-4,11H2,1-2H3/b22-13+. The molecule has 3 aromatic rings. The van der Waals surface area contributed by atoms with Crippen molar-refractivity contribution in [2.45, 2.75) is 31.6 Å². The SMILES string of the molecule is Cc1ccc(/C=C(\CCCSc2ccc(C=O)cc2)c2cc(F)cc(F)c2)cc1C. The molecule has 0 aliphatic heterocycles. The topological polar surface area (TPSA) is 17.1 Å². The third-order valence-electron chi connectivity index (χ3n) is 4.98. The highest BCUT2D eigenvalue weighted by Crippen LogP contribution is 2.28. The normalized spacial score (nSPS) is 11.5. The van der Waals surface area contributed by atoms with E-state index >= 15 is 0 Å². The second kappa shape index (κ2) is 10.4. The summed E-state index contributed by atoms with van der Waals surface area (Å²) < 4.78 is 27.6. The highest BCUT2D eigenvalue weighted by molar-refractivity contribution is 7.99.